The molecule has 1 aromatic heterocycles. The number of anilines is 1. The van der Waals surface area contributed by atoms with Gasteiger partial charge in [-0.3, -0.25) is 4.79 Å². The highest BCUT2D eigenvalue weighted by Crippen LogP contribution is 2.19. The Kier molecular flexibility index (Phi) is 3.85. The predicted octanol–water partition coefficient (Wildman–Crippen LogP) is 3.27. The molecule has 100 valence electrons. The number of aromatic nitrogens is 1. The van der Waals surface area contributed by atoms with E-state index >= 15 is 0 Å². The second-order valence-corrected chi connectivity index (χ2v) is 4.56. The third kappa shape index (κ3) is 3.12. The minimum atomic E-state index is -0.572. The highest BCUT2D eigenvalue weighted by atomic mass is 35.5. The van der Waals surface area contributed by atoms with Crippen molar-refractivity contribution in [3.63, 3.8) is 0 Å². The van der Waals surface area contributed by atoms with Gasteiger partial charge in [-0.05, 0) is 32.0 Å². The summed E-state index contributed by atoms with van der Waals surface area (Å²) in [5.41, 5.74) is 1.78. The lowest BCUT2D eigenvalue weighted by atomic mass is 10.1. The van der Waals surface area contributed by atoms with Crippen LogP contribution in [0.15, 0.2) is 22.7 Å². The van der Waals surface area contributed by atoms with Crippen LogP contribution in [0.5, 0.6) is 0 Å². The van der Waals surface area contributed by atoms with E-state index in [-0.39, 0.29) is 17.4 Å². The van der Waals surface area contributed by atoms with E-state index in [1.54, 1.807) is 13.8 Å². The monoisotopic (exact) mass is 282 g/mol. The number of aryl methyl sites for hydroxylation is 2. The van der Waals surface area contributed by atoms with Crippen LogP contribution in [0.25, 0.3) is 0 Å². The van der Waals surface area contributed by atoms with Gasteiger partial charge in [0.1, 0.15) is 11.6 Å². The summed E-state index contributed by atoms with van der Waals surface area (Å²) in [6, 6.07) is 4.10. The third-order valence-electron chi connectivity index (χ3n) is 2.72. The molecule has 0 spiro atoms. The first kappa shape index (κ1) is 13.5. The number of nitrogens with zero attached hydrogens (tertiary/aromatic N) is 1. The molecule has 1 aromatic carbocycles. The maximum absolute atomic E-state index is 13.2. The van der Waals surface area contributed by atoms with Crippen LogP contribution >= 0.6 is 11.6 Å². The molecule has 0 fully saturated rings. The zero-order valence-corrected chi connectivity index (χ0v) is 11.2. The fourth-order valence-electron chi connectivity index (χ4n) is 1.69. The number of carbonyl (C=O) groups excluding carboxylic acids is 1. The van der Waals surface area contributed by atoms with Crippen LogP contribution in [0.1, 0.15) is 17.0 Å². The molecule has 4 nitrogen and oxygen atoms in total. The van der Waals surface area contributed by atoms with Crippen molar-refractivity contribution in [2.24, 2.45) is 0 Å². The zero-order chi connectivity index (χ0) is 14.0. The number of carbonyl (C=O) groups is 1. The van der Waals surface area contributed by atoms with Crippen molar-refractivity contribution in [3.05, 3.63) is 46.1 Å². The molecule has 0 unspecified atom stereocenters. The van der Waals surface area contributed by atoms with Gasteiger partial charge >= 0.3 is 0 Å². The Bertz CT molecular complexity index is 606. The fraction of sp³-hybridized carbons (Fsp3) is 0.231. The van der Waals surface area contributed by atoms with E-state index in [4.69, 9.17) is 16.1 Å². The van der Waals surface area contributed by atoms with Gasteiger partial charge in [0.25, 0.3) is 0 Å². The van der Waals surface area contributed by atoms with Gasteiger partial charge in [-0.2, -0.15) is 0 Å². The Balaban J connectivity index is 2.07. The minimum Gasteiger partial charge on any atom is -0.361 e. The molecule has 1 heterocycles. The van der Waals surface area contributed by atoms with Crippen LogP contribution in [0, 0.1) is 19.7 Å². The first-order valence-electron chi connectivity index (χ1n) is 5.64. The summed E-state index contributed by atoms with van der Waals surface area (Å²) in [5, 5.41) is 6.38. The number of benzene rings is 1. The minimum absolute atomic E-state index is 0.0173. The number of halogens is 2. The fourth-order valence-corrected chi connectivity index (χ4v) is 1.81. The molecule has 19 heavy (non-hydrogen) atoms. The van der Waals surface area contributed by atoms with Crippen molar-refractivity contribution >= 4 is 23.2 Å². The van der Waals surface area contributed by atoms with Crippen LogP contribution in [0.3, 0.4) is 0 Å². The van der Waals surface area contributed by atoms with Crippen molar-refractivity contribution in [2.75, 3.05) is 5.32 Å². The van der Waals surface area contributed by atoms with Crippen LogP contribution in [-0.2, 0) is 11.2 Å². The maximum Gasteiger partial charge on any atom is 0.229 e. The SMILES string of the molecule is Cc1noc(C)c1CC(=O)Nc1ccc(Cl)c(F)c1. The lowest BCUT2D eigenvalue weighted by Crippen LogP contribution is -2.15. The van der Waals surface area contributed by atoms with Crippen molar-refractivity contribution in [2.45, 2.75) is 20.3 Å². The average Bonchev–Trinajstić information content (AvgIpc) is 2.66. The molecule has 0 radical (unpaired) electrons. The van der Waals surface area contributed by atoms with Crippen molar-refractivity contribution in [3.8, 4) is 0 Å². The lowest BCUT2D eigenvalue weighted by Gasteiger charge is -2.05. The van der Waals surface area contributed by atoms with Gasteiger partial charge < -0.3 is 9.84 Å². The maximum atomic E-state index is 13.2. The number of nitrogens with one attached hydrogen (secondary N) is 1. The van der Waals surface area contributed by atoms with Crippen molar-refractivity contribution < 1.29 is 13.7 Å². The summed E-state index contributed by atoms with van der Waals surface area (Å²) in [4.78, 5) is 11.8. The second kappa shape index (κ2) is 5.40. The molecule has 6 heteroatoms. The van der Waals surface area contributed by atoms with E-state index in [0.717, 1.165) is 5.56 Å². The molecule has 2 rings (SSSR count). The average molecular weight is 283 g/mol. The normalized spacial score (nSPS) is 10.5. The molecular weight excluding hydrogens is 271 g/mol. The van der Waals surface area contributed by atoms with Crippen LogP contribution in [-0.4, -0.2) is 11.1 Å². The van der Waals surface area contributed by atoms with Crippen molar-refractivity contribution in [1.29, 1.82) is 0 Å². The molecule has 1 N–H and O–H groups in total. The Morgan fingerprint density at radius 2 is 2.21 bits per heavy atom. The smallest absolute Gasteiger partial charge is 0.229 e. The highest BCUT2D eigenvalue weighted by molar-refractivity contribution is 6.30. The first-order chi connectivity index (χ1) is 8.97. The molecule has 0 atom stereocenters. The summed E-state index contributed by atoms with van der Waals surface area (Å²) in [6.45, 7) is 3.51. The van der Waals surface area contributed by atoms with E-state index in [1.165, 1.54) is 18.2 Å². The first-order valence-corrected chi connectivity index (χ1v) is 6.02. The van der Waals surface area contributed by atoms with Gasteiger partial charge in [0.2, 0.25) is 5.91 Å². The van der Waals surface area contributed by atoms with E-state index in [0.29, 0.717) is 17.1 Å². The molecule has 0 aliphatic heterocycles. The van der Waals surface area contributed by atoms with Crippen molar-refractivity contribution in [1.82, 2.24) is 5.16 Å². The predicted molar refractivity (Wildman–Crippen MR) is 69.7 cm³/mol. The topological polar surface area (TPSA) is 55.1 Å². The standard InChI is InChI=1S/C13H12ClFN2O2/c1-7-10(8(2)19-17-7)6-13(18)16-9-3-4-11(14)12(15)5-9/h3-5H,6H2,1-2H3,(H,16,18). The second-order valence-electron chi connectivity index (χ2n) is 4.16. The summed E-state index contributed by atoms with van der Waals surface area (Å²) in [5.74, 6) is -0.233. The van der Waals surface area contributed by atoms with Gasteiger partial charge in [0.05, 0.1) is 17.1 Å². The number of hydrogen-bond donors (Lipinski definition) is 1. The summed E-state index contributed by atoms with van der Waals surface area (Å²) >= 11 is 5.57. The summed E-state index contributed by atoms with van der Waals surface area (Å²) in [6.07, 6.45) is 0.130. The largest absolute Gasteiger partial charge is 0.361 e. The molecule has 0 saturated heterocycles. The Labute approximate surface area is 114 Å². The Morgan fingerprint density at radius 1 is 1.47 bits per heavy atom. The molecule has 0 saturated carbocycles. The number of amides is 1. The number of rotatable bonds is 3. The van der Waals surface area contributed by atoms with Gasteiger partial charge in [-0.25, -0.2) is 4.39 Å². The van der Waals surface area contributed by atoms with Gasteiger partial charge in [0, 0.05) is 11.3 Å². The molecule has 2 aromatic rings. The van der Waals surface area contributed by atoms with Gasteiger partial charge in [-0.1, -0.05) is 16.8 Å². The number of hydrogen-bond acceptors (Lipinski definition) is 3. The Morgan fingerprint density at radius 3 is 2.79 bits per heavy atom. The molecule has 1 amide bonds. The van der Waals surface area contributed by atoms with Crippen LogP contribution in [0.4, 0.5) is 10.1 Å². The highest BCUT2D eigenvalue weighted by Gasteiger charge is 2.13. The van der Waals surface area contributed by atoms with Gasteiger partial charge in [0.15, 0.2) is 0 Å². The molecule has 0 aliphatic carbocycles. The zero-order valence-electron chi connectivity index (χ0n) is 10.5. The van der Waals surface area contributed by atoms with E-state index in [9.17, 15) is 9.18 Å². The van der Waals surface area contributed by atoms with E-state index in [2.05, 4.69) is 10.5 Å². The molecule has 0 bridgehead atoms. The Hall–Kier alpha value is -1.88. The molecule has 0 aliphatic rings. The van der Waals surface area contributed by atoms with Crippen LogP contribution < -0.4 is 5.32 Å². The summed E-state index contributed by atoms with van der Waals surface area (Å²) in [7, 11) is 0. The lowest BCUT2D eigenvalue weighted by molar-refractivity contribution is -0.115. The van der Waals surface area contributed by atoms with E-state index in [1.807, 2.05) is 0 Å². The van der Waals surface area contributed by atoms with Crippen LogP contribution in [0.2, 0.25) is 5.02 Å². The molecular formula is C13H12ClFN2O2. The quantitative estimate of drug-likeness (QED) is 0.940. The van der Waals surface area contributed by atoms with Gasteiger partial charge in [-0.15, -0.1) is 0 Å². The summed E-state index contributed by atoms with van der Waals surface area (Å²) < 4.78 is 18.2. The third-order valence-corrected chi connectivity index (χ3v) is 3.03. The van der Waals surface area contributed by atoms with E-state index < -0.39 is 5.82 Å².